The Bertz CT molecular complexity index is 302. The second-order valence-electron chi connectivity index (χ2n) is 2.28. The summed E-state index contributed by atoms with van der Waals surface area (Å²) in [7, 11) is 1.63. The molecule has 0 aromatic carbocycles. The molecule has 0 bridgehead atoms. The molecule has 0 aliphatic rings. The first-order chi connectivity index (χ1) is 5.61. The van der Waals surface area contributed by atoms with Crippen LogP contribution in [0.15, 0.2) is 12.4 Å². The highest BCUT2D eigenvalue weighted by Gasteiger charge is 2.06. The maximum Gasteiger partial charge on any atom is 0.224 e. The predicted molar refractivity (Wildman–Crippen MR) is 46.1 cm³/mol. The summed E-state index contributed by atoms with van der Waals surface area (Å²) in [6.07, 6.45) is 1.32. The van der Waals surface area contributed by atoms with Gasteiger partial charge in [0, 0.05) is 20.0 Å². The molecule has 0 aliphatic carbocycles. The van der Waals surface area contributed by atoms with E-state index in [1.54, 1.807) is 7.05 Å². The zero-order valence-corrected chi connectivity index (χ0v) is 7.54. The Morgan fingerprint density at radius 1 is 1.58 bits per heavy atom. The summed E-state index contributed by atoms with van der Waals surface area (Å²) in [6.45, 7) is 1.45. The van der Waals surface area contributed by atoms with E-state index >= 15 is 0 Å². The number of anilines is 1. The lowest BCUT2D eigenvalue weighted by Gasteiger charge is -2.12. The van der Waals surface area contributed by atoms with E-state index in [0.29, 0.717) is 11.0 Å². The van der Waals surface area contributed by atoms with Crippen molar-refractivity contribution in [3.8, 4) is 0 Å². The Balaban J connectivity index is 2.95. The van der Waals surface area contributed by atoms with E-state index in [2.05, 4.69) is 9.97 Å². The Kier molecular flexibility index (Phi) is 2.60. The van der Waals surface area contributed by atoms with Crippen molar-refractivity contribution in [1.82, 2.24) is 9.97 Å². The van der Waals surface area contributed by atoms with Gasteiger partial charge in [-0.3, -0.25) is 4.79 Å². The second kappa shape index (κ2) is 3.49. The van der Waals surface area contributed by atoms with Crippen LogP contribution in [0.4, 0.5) is 5.82 Å². The molecule has 1 aromatic heterocycles. The maximum atomic E-state index is 10.9. The summed E-state index contributed by atoms with van der Waals surface area (Å²) in [6, 6.07) is 1.53. The number of carbonyl (C=O) groups is 1. The molecule has 0 unspecified atom stereocenters. The SMILES string of the molecule is CC(=O)N(C)c1cc(Cl)ncn1. The lowest BCUT2D eigenvalue weighted by atomic mass is 10.5. The molecule has 5 heteroatoms. The van der Waals surface area contributed by atoms with Gasteiger partial charge in [-0.1, -0.05) is 11.6 Å². The third-order valence-electron chi connectivity index (χ3n) is 1.44. The quantitative estimate of drug-likeness (QED) is 0.616. The van der Waals surface area contributed by atoms with Crippen molar-refractivity contribution in [3.63, 3.8) is 0 Å². The summed E-state index contributed by atoms with van der Waals surface area (Å²) in [5.41, 5.74) is 0. The van der Waals surface area contributed by atoms with Crippen molar-refractivity contribution in [2.75, 3.05) is 11.9 Å². The van der Waals surface area contributed by atoms with Gasteiger partial charge in [-0.05, 0) is 0 Å². The van der Waals surface area contributed by atoms with Gasteiger partial charge in [-0.25, -0.2) is 9.97 Å². The number of nitrogens with zero attached hydrogens (tertiary/aromatic N) is 3. The van der Waals surface area contributed by atoms with Crippen LogP contribution in [0.3, 0.4) is 0 Å². The second-order valence-corrected chi connectivity index (χ2v) is 2.66. The van der Waals surface area contributed by atoms with Crippen molar-refractivity contribution in [3.05, 3.63) is 17.5 Å². The smallest absolute Gasteiger partial charge is 0.224 e. The van der Waals surface area contributed by atoms with Crippen LogP contribution >= 0.6 is 11.6 Å². The molecule has 0 N–H and O–H groups in total. The Morgan fingerprint density at radius 2 is 2.25 bits per heavy atom. The first kappa shape index (κ1) is 8.93. The van der Waals surface area contributed by atoms with Crippen LogP contribution in [0, 0.1) is 0 Å². The molecule has 1 aromatic rings. The third-order valence-corrected chi connectivity index (χ3v) is 1.64. The van der Waals surface area contributed by atoms with Gasteiger partial charge in [0.1, 0.15) is 17.3 Å². The lowest BCUT2D eigenvalue weighted by Crippen LogP contribution is -2.23. The van der Waals surface area contributed by atoms with E-state index in [9.17, 15) is 4.79 Å². The topological polar surface area (TPSA) is 46.1 Å². The molecule has 1 rings (SSSR count). The number of hydrogen-bond donors (Lipinski definition) is 0. The minimum Gasteiger partial charge on any atom is -0.300 e. The van der Waals surface area contributed by atoms with Crippen LogP contribution in [0.25, 0.3) is 0 Å². The zero-order valence-electron chi connectivity index (χ0n) is 6.78. The maximum absolute atomic E-state index is 10.9. The number of aromatic nitrogens is 2. The van der Waals surface area contributed by atoms with E-state index in [-0.39, 0.29) is 5.91 Å². The minimum absolute atomic E-state index is 0.0928. The van der Waals surface area contributed by atoms with Crippen molar-refractivity contribution in [1.29, 1.82) is 0 Å². The van der Waals surface area contributed by atoms with Gasteiger partial charge >= 0.3 is 0 Å². The first-order valence-electron chi connectivity index (χ1n) is 3.33. The van der Waals surface area contributed by atoms with Gasteiger partial charge in [-0.2, -0.15) is 0 Å². The number of halogens is 1. The molecule has 0 fully saturated rings. The van der Waals surface area contributed by atoms with Crippen LogP contribution < -0.4 is 4.90 Å². The Morgan fingerprint density at radius 3 is 2.75 bits per heavy atom. The molecule has 0 radical (unpaired) electrons. The molecular weight excluding hydrogens is 178 g/mol. The van der Waals surface area contributed by atoms with Gasteiger partial charge in [0.2, 0.25) is 5.91 Å². The van der Waals surface area contributed by atoms with Crippen LogP contribution in [0.5, 0.6) is 0 Å². The fourth-order valence-electron chi connectivity index (χ4n) is 0.669. The number of amides is 1. The first-order valence-corrected chi connectivity index (χ1v) is 3.71. The summed E-state index contributed by atoms with van der Waals surface area (Å²) in [5, 5.41) is 0.327. The fraction of sp³-hybridized carbons (Fsp3) is 0.286. The average molecular weight is 186 g/mol. The van der Waals surface area contributed by atoms with Crippen molar-refractivity contribution in [2.45, 2.75) is 6.92 Å². The highest BCUT2D eigenvalue weighted by atomic mass is 35.5. The summed E-state index contributed by atoms with van der Waals surface area (Å²) in [4.78, 5) is 19.8. The standard InChI is InChI=1S/C7H8ClN3O/c1-5(12)11(2)7-3-6(8)9-4-10-7/h3-4H,1-2H3. The molecule has 0 saturated heterocycles. The van der Waals surface area contributed by atoms with E-state index in [0.717, 1.165) is 0 Å². The normalized spacial score (nSPS) is 9.58. The van der Waals surface area contributed by atoms with E-state index < -0.39 is 0 Å². The molecule has 0 spiro atoms. The largest absolute Gasteiger partial charge is 0.300 e. The van der Waals surface area contributed by atoms with Gasteiger partial charge in [0.15, 0.2) is 0 Å². The fourth-order valence-corrected chi connectivity index (χ4v) is 0.810. The van der Waals surface area contributed by atoms with Gasteiger partial charge in [0.25, 0.3) is 0 Å². The van der Waals surface area contributed by atoms with Crippen molar-refractivity contribution >= 4 is 23.3 Å². The summed E-state index contributed by atoms with van der Waals surface area (Å²) < 4.78 is 0. The third kappa shape index (κ3) is 1.92. The number of hydrogen-bond acceptors (Lipinski definition) is 3. The van der Waals surface area contributed by atoms with E-state index in [1.165, 1.54) is 24.2 Å². The van der Waals surface area contributed by atoms with Crippen LogP contribution in [-0.4, -0.2) is 22.9 Å². The van der Waals surface area contributed by atoms with Gasteiger partial charge in [0.05, 0.1) is 0 Å². The number of carbonyl (C=O) groups excluding carboxylic acids is 1. The molecule has 0 saturated carbocycles. The van der Waals surface area contributed by atoms with Crippen molar-refractivity contribution < 1.29 is 4.79 Å². The number of rotatable bonds is 1. The molecular formula is C7H8ClN3O. The molecule has 12 heavy (non-hydrogen) atoms. The van der Waals surface area contributed by atoms with Gasteiger partial charge < -0.3 is 4.90 Å². The van der Waals surface area contributed by atoms with Crippen LogP contribution in [0.1, 0.15) is 6.92 Å². The molecule has 4 nitrogen and oxygen atoms in total. The van der Waals surface area contributed by atoms with E-state index in [4.69, 9.17) is 11.6 Å². The zero-order chi connectivity index (χ0) is 9.14. The van der Waals surface area contributed by atoms with Crippen LogP contribution in [-0.2, 0) is 4.79 Å². The van der Waals surface area contributed by atoms with Crippen molar-refractivity contribution in [2.24, 2.45) is 0 Å². The molecule has 1 heterocycles. The summed E-state index contributed by atoms with van der Waals surface area (Å²) >= 11 is 5.60. The molecule has 0 aliphatic heterocycles. The monoisotopic (exact) mass is 185 g/mol. The highest BCUT2D eigenvalue weighted by molar-refractivity contribution is 6.29. The lowest BCUT2D eigenvalue weighted by molar-refractivity contribution is -0.116. The highest BCUT2D eigenvalue weighted by Crippen LogP contribution is 2.12. The Labute approximate surface area is 75.2 Å². The van der Waals surface area contributed by atoms with Crippen LogP contribution in [0.2, 0.25) is 5.15 Å². The Hall–Kier alpha value is -1.16. The van der Waals surface area contributed by atoms with Gasteiger partial charge in [-0.15, -0.1) is 0 Å². The predicted octanol–water partition coefficient (Wildman–Crippen LogP) is 1.11. The molecule has 1 amide bonds. The minimum atomic E-state index is -0.0928. The average Bonchev–Trinajstić information content (AvgIpc) is 2.03. The summed E-state index contributed by atoms with van der Waals surface area (Å²) in [5.74, 6) is 0.410. The van der Waals surface area contributed by atoms with E-state index in [1.807, 2.05) is 0 Å². The molecule has 64 valence electrons. The molecule has 0 atom stereocenters.